The molecule has 8 nitrogen and oxygen atoms in total. The highest BCUT2D eigenvalue weighted by molar-refractivity contribution is 7.89. The van der Waals surface area contributed by atoms with Crippen LogP contribution in [0.5, 0.6) is 0 Å². The minimum Gasteiger partial charge on any atom is -0.381 e. The number of nitrogens with one attached hydrogen (secondary N) is 1. The normalized spacial score (nSPS) is 11.9. The Morgan fingerprint density at radius 2 is 2.19 bits per heavy atom. The van der Waals surface area contributed by atoms with Crippen molar-refractivity contribution in [1.29, 1.82) is 0 Å². The van der Waals surface area contributed by atoms with Crippen LogP contribution < -0.4 is 10.5 Å². The third-order valence-electron chi connectivity index (χ3n) is 2.94. The summed E-state index contributed by atoms with van der Waals surface area (Å²) in [6, 6.07) is 0. The molecule has 0 amide bonds. The van der Waals surface area contributed by atoms with E-state index in [1.807, 2.05) is 17.7 Å². The van der Waals surface area contributed by atoms with E-state index in [4.69, 9.17) is 5.73 Å². The van der Waals surface area contributed by atoms with Crippen molar-refractivity contribution >= 4 is 15.8 Å². The number of imidazole rings is 1. The molecule has 2 aromatic rings. The first-order valence-corrected chi connectivity index (χ1v) is 8.29. The zero-order valence-corrected chi connectivity index (χ0v) is 12.8. The molecule has 0 aliphatic heterocycles. The van der Waals surface area contributed by atoms with Crippen LogP contribution in [0.2, 0.25) is 0 Å². The van der Waals surface area contributed by atoms with Gasteiger partial charge in [0.2, 0.25) is 10.0 Å². The van der Waals surface area contributed by atoms with Gasteiger partial charge in [0, 0.05) is 38.2 Å². The van der Waals surface area contributed by atoms with Crippen molar-refractivity contribution in [2.45, 2.75) is 37.8 Å². The van der Waals surface area contributed by atoms with E-state index in [0.29, 0.717) is 26.1 Å². The molecule has 2 aromatic heterocycles. The maximum Gasteiger partial charge on any atom is 0.245 e. The monoisotopic (exact) mass is 312 g/mol. The molecular formula is C12H20N6O2S. The lowest BCUT2D eigenvalue weighted by molar-refractivity contribution is 0.568. The van der Waals surface area contributed by atoms with Gasteiger partial charge < -0.3 is 10.3 Å². The molecule has 21 heavy (non-hydrogen) atoms. The quantitative estimate of drug-likeness (QED) is 0.688. The molecule has 0 aliphatic carbocycles. The van der Waals surface area contributed by atoms with Crippen LogP contribution in [0.25, 0.3) is 0 Å². The largest absolute Gasteiger partial charge is 0.381 e. The van der Waals surface area contributed by atoms with Gasteiger partial charge >= 0.3 is 0 Å². The first-order chi connectivity index (χ1) is 10.0. The third kappa shape index (κ3) is 4.05. The number of nitrogens with two attached hydrogens (primary N) is 1. The van der Waals surface area contributed by atoms with Crippen molar-refractivity contribution in [3.05, 3.63) is 24.9 Å². The van der Waals surface area contributed by atoms with Crippen LogP contribution in [-0.2, 0) is 23.1 Å². The molecule has 0 bridgehead atoms. The summed E-state index contributed by atoms with van der Waals surface area (Å²) in [4.78, 5) is 3.97. The van der Waals surface area contributed by atoms with E-state index in [1.165, 1.54) is 6.20 Å². The lowest BCUT2D eigenvalue weighted by Crippen LogP contribution is -2.26. The van der Waals surface area contributed by atoms with Crippen LogP contribution in [0, 0.1) is 0 Å². The second-order valence-electron chi connectivity index (χ2n) is 4.69. The van der Waals surface area contributed by atoms with Gasteiger partial charge in [0.15, 0.2) is 5.82 Å². The Bertz CT molecular complexity index is 662. The van der Waals surface area contributed by atoms with Gasteiger partial charge in [0.1, 0.15) is 4.90 Å². The minimum absolute atomic E-state index is 0.0329. The van der Waals surface area contributed by atoms with E-state index in [-0.39, 0.29) is 10.7 Å². The van der Waals surface area contributed by atoms with Crippen LogP contribution in [0.3, 0.4) is 0 Å². The third-order valence-corrected chi connectivity index (χ3v) is 4.42. The summed E-state index contributed by atoms with van der Waals surface area (Å²) >= 11 is 0. The Hall–Kier alpha value is -1.87. The topological polar surface area (TPSA) is 108 Å². The van der Waals surface area contributed by atoms with E-state index in [9.17, 15) is 8.42 Å². The molecule has 2 rings (SSSR count). The Morgan fingerprint density at radius 3 is 2.86 bits per heavy atom. The first-order valence-electron chi connectivity index (χ1n) is 6.81. The summed E-state index contributed by atoms with van der Waals surface area (Å²) < 4.78 is 30.3. The Morgan fingerprint density at radius 1 is 1.38 bits per heavy atom. The van der Waals surface area contributed by atoms with Gasteiger partial charge in [-0.15, -0.1) is 0 Å². The number of aryl methyl sites for hydroxylation is 2. The van der Waals surface area contributed by atoms with Gasteiger partial charge in [-0.25, -0.2) is 18.1 Å². The fourth-order valence-corrected chi connectivity index (χ4v) is 3.08. The number of anilines is 1. The summed E-state index contributed by atoms with van der Waals surface area (Å²) in [5, 5.41) is 4.00. The second kappa shape index (κ2) is 6.72. The van der Waals surface area contributed by atoms with E-state index in [2.05, 4.69) is 14.8 Å². The van der Waals surface area contributed by atoms with Crippen molar-refractivity contribution in [3.63, 3.8) is 0 Å². The summed E-state index contributed by atoms with van der Waals surface area (Å²) in [6.45, 7) is 3.66. The summed E-state index contributed by atoms with van der Waals surface area (Å²) in [6.07, 6.45) is 8.21. The van der Waals surface area contributed by atoms with Gasteiger partial charge in [0.25, 0.3) is 0 Å². The van der Waals surface area contributed by atoms with Crippen molar-refractivity contribution in [3.8, 4) is 0 Å². The molecule has 2 heterocycles. The zero-order chi connectivity index (χ0) is 15.3. The van der Waals surface area contributed by atoms with Crippen molar-refractivity contribution in [1.82, 2.24) is 24.1 Å². The van der Waals surface area contributed by atoms with E-state index in [0.717, 1.165) is 6.42 Å². The minimum atomic E-state index is -3.61. The fourth-order valence-electron chi connectivity index (χ4n) is 1.93. The number of nitrogens with zero attached hydrogens (tertiary/aromatic N) is 4. The average Bonchev–Trinajstić information content (AvgIpc) is 3.05. The van der Waals surface area contributed by atoms with Crippen molar-refractivity contribution < 1.29 is 8.42 Å². The molecule has 0 aliphatic rings. The predicted molar refractivity (Wildman–Crippen MR) is 79.0 cm³/mol. The van der Waals surface area contributed by atoms with Crippen LogP contribution in [0.15, 0.2) is 29.8 Å². The highest BCUT2D eigenvalue weighted by atomic mass is 32.2. The number of hydrogen-bond donors (Lipinski definition) is 2. The highest BCUT2D eigenvalue weighted by Crippen LogP contribution is 2.16. The van der Waals surface area contributed by atoms with Gasteiger partial charge in [-0.2, -0.15) is 5.10 Å². The molecule has 0 spiro atoms. The van der Waals surface area contributed by atoms with Crippen molar-refractivity contribution in [2.24, 2.45) is 0 Å². The lowest BCUT2D eigenvalue weighted by Gasteiger charge is -2.05. The smallest absolute Gasteiger partial charge is 0.245 e. The van der Waals surface area contributed by atoms with Crippen LogP contribution in [0.4, 0.5) is 5.82 Å². The Kier molecular flexibility index (Phi) is 4.97. The summed E-state index contributed by atoms with van der Waals surface area (Å²) in [5.41, 5.74) is 5.68. The highest BCUT2D eigenvalue weighted by Gasteiger charge is 2.20. The van der Waals surface area contributed by atoms with E-state index in [1.54, 1.807) is 17.2 Å². The maximum atomic E-state index is 12.2. The maximum absolute atomic E-state index is 12.2. The fraction of sp³-hybridized carbons (Fsp3) is 0.500. The molecule has 0 saturated heterocycles. The number of nitrogen functional groups attached to an aromatic ring is 1. The first kappa shape index (κ1) is 15.5. The number of hydrogen-bond acceptors (Lipinski definition) is 5. The van der Waals surface area contributed by atoms with E-state index < -0.39 is 10.0 Å². The SMILES string of the molecule is CCCn1cc(S(=O)(=O)NCCCn2ccnc2)c(N)n1. The summed E-state index contributed by atoms with van der Waals surface area (Å²) in [7, 11) is -3.61. The van der Waals surface area contributed by atoms with Crippen molar-refractivity contribution in [2.75, 3.05) is 12.3 Å². The Balaban J connectivity index is 1.91. The molecule has 0 saturated carbocycles. The Labute approximate surface area is 124 Å². The van der Waals surface area contributed by atoms with Gasteiger partial charge in [0.05, 0.1) is 6.33 Å². The molecule has 9 heteroatoms. The number of sulfonamides is 1. The molecule has 116 valence electrons. The number of aromatic nitrogens is 4. The molecular weight excluding hydrogens is 292 g/mol. The molecule has 0 atom stereocenters. The molecule has 0 unspecified atom stereocenters. The van der Waals surface area contributed by atoms with Crippen LogP contribution in [0.1, 0.15) is 19.8 Å². The van der Waals surface area contributed by atoms with E-state index >= 15 is 0 Å². The summed E-state index contributed by atoms with van der Waals surface area (Å²) in [5.74, 6) is 0.0329. The molecule has 0 aromatic carbocycles. The second-order valence-corrected chi connectivity index (χ2v) is 6.43. The average molecular weight is 312 g/mol. The van der Waals surface area contributed by atoms with Gasteiger partial charge in [-0.1, -0.05) is 6.92 Å². The molecule has 0 radical (unpaired) electrons. The lowest BCUT2D eigenvalue weighted by atomic mass is 10.4. The van der Waals surface area contributed by atoms with Crippen LogP contribution >= 0.6 is 0 Å². The molecule has 0 fully saturated rings. The van der Waals surface area contributed by atoms with Gasteiger partial charge in [-0.05, 0) is 12.8 Å². The van der Waals surface area contributed by atoms with Crippen LogP contribution in [-0.4, -0.2) is 34.3 Å². The van der Waals surface area contributed by atoms with Gasteiger partial charge in [-0.3, -0.25) is 4.68 Å². The standard InChI is InChI=1S/C12H20N6O2S/c1-2-6-18-9-11(12(13)16-18)21(19,20)15-4-3-7-17-8-5-14-10-17/h5,8-10,15H,2-4,6-7H2,1H3,(H2,13,16). The number of rotatable bonds is 8. The predicted octanol–water partition coefficient (Wildman–Crippen LogP) is 0.440. The molecule has 3 N–H and O–H groups in total. The zero-order valence-electron chi connectivity index (χ0n) is 11.9.